The van der Waals surface area contributed by atoms with E-state index in [0.29, 0.717) is 12.5 Å². The topological polar surface area (TPSA) is 36.9 Å². The minimum absolute atomic E-state index is 0.668. The molecular weight excluding hydrogens is 202 g/mol. The number of hydrazone groups is 1. The standard InChI is InChI=1S/C12H27N3O/c1-11(2)10-12(3)14-13-6-8-16-9-7-15(4)5/h11,13H,6-10H2,1-5H3/b14-12+. The maximum atomic E-state index is 5.43. The van der Waals surface area contributed by atoms with E-state index in [2.05, 4.69) is 36.2 Å². The second kappa shape index (κ2) is 9.60. The van der Waals surface area contributed by atoms with Crippen molar-refractivity contribution in [1.29, 1.82) is 0 Å². The molecule has 0 spiro atoms. The highest BCUT2D eigenvalue weighted by atomic mass is 16.5. The first kappa shape index (κ1) is 15.4. The van der Waals surface area contributed by atoms with E-state index in [1.54, 1.807) is 0 Å². The van der Waals surface area contributed by atoms with Crippen LogP contribution in [0, 0.1) is 5.92 Å². The molecule has 4 nitrogen and oxygen atoms in total. The summed E-state index contributed by atoms with van der Waals surface area (Å²) in [5.41, 5.74) is 4.18. The van der Waals surface area contributed by atoms with Crippen LogP contribution in [0.3, 0.4) is 0 Å². The average molecular weight is 229 g/mol. The Bertz CT molecular complexity index is 191. The molecule has 0 rings (SSSR count). The summed E-state index contributed by atoms with van der Waals surface area (Å²) < 4.78 is 5.43. The second-order valence-electron chi connectivity index (χ2n) is 4.77. The Morgan fingerprint density at radius 1 is 1.31 bits per heavy atom. The lowest BCUT2D eigenvalue weighted by atomic mass is 10.1. The molecule has 16 heavy (non-hydrogen) atoms. The molecule has 0 aromatic rings. The number of ether oxygens (including phenoxy) is 1. The molecule has 0 saturated heterocycles. The molecule has 0 radical (unpaired) electrons. The van der Waals surface area contributed by atoms with Gasteiger partial charge in [-0.25, -0.2) is 0 Å². The summed E-state index contributed by atoms with van der Waals surface area (Å²) in [4.78, 5) is 2.11. The van der Waals surface area contributed by atoms with Gasteiger partial charge in [0.15, 0.2) is 0 Å². The zero-order valence-corrected chi connectivity index (χ0v) is 11.4. The summed E-state index contributed by atoms with van der Waals surface area (Å²) in [5.74, 6) is 0.668. The number of likely N-dealkylation sites (N-methyl/N-ethyl adjacent to an activating group) is 1. The van der Waals surface area contributed by atoms with Crippen molar-refractivity contribution in [2.24, 2.45) is 11.0 Å². The van der Waals surface area contributed by atoms with Gasteiger partial charge in [-0.2, -0.15) is 5.10 Å². The minimum atomic E-state index is 0.668. The van der Waals surface area contributed by atoms with Gasteiger partial charge in [-0.1, -0.05) is 13.8 Å². The minimum Gasteiger partial charge on any atom is -0.378 e. The van der Waals surface area contributed by atoms with Crippen LogP contribution in [0.25, 0.3) is 0 Å². The van der Waals surface area contributed by atoms with Gasteiger partial charge in [0, 0.05) is 12.3 Å². The molecule has 0 heterocycles. The molecular formula is C12H27N3O. The maximum Gasteiger partial charge on any atom is 0.0656 e. The van der Waals surface area contributed by atoms with Gasteiger partial charge in [-0.05, 0) is 33.4 Å². The molecule has 0 bridgehead atoms. The van der Waals surface area contributed by atoms with Crippen LogP contribution in [0.15, 0.2) is 5.10 Å². The molecule has 0 aromatic heterocycles. The number of rotatable bonds is 9. The summed E-state index contributed by atoms with van der Waals surface area (Å²) in [6, 6.07) is 0. The molecule has 0 aliphatic carbocycles. The normalized spacial score (nSPS) is 12.6. The molecule has 0 aliphatic rings. The van der Waals surface area contributed by atoms with Crippen LogP contribution in [0.1, 0.15) is 27.2 Å². The quantitative estimate of drug-likeness (QED) is 0.370. The van der Waals surface area contributed by atoms with E-state index in [1.165, 1.54) is 0 Å². The molecule has 0 saturated carbocycles. The van der Waals surface area contributed by atoms with Gasteiger partial charge in [-0.15, -0.1) is 0 Å². The fourth-order valence-corrected chi connectivity index (χ4v) is 1.29. The summed E-state index contributed by atoms with van der Waals surface area (Å²) in [6.07, 6.45) is 1.05. The Hall–Kier alpha value is -0.610. The van der Waals surface area contributed by atoms with Crippen molar-refractivity contribution in [3.8, 4) is 0 Å². The predicted molar refractivity (Wildman–Crippen MR) is 69.9 cm³/mol. The van der Waals surface area contributed by atoms with E-state index in [0.717, 1.165) is 31.8 Å². The predicted octanol–water partition coefficient (Wildman–Crippen LogP) is 1.58. The van der Waals surface area contributed by atoms with E-state index in [9.17, 15) is 0 Å². The first-order valence-corrected chi connectivity index (χ1v) is 6.01. The van der Waals surface area contributed by atoms with Crippen molar-refractivity contribution in [3.63, 3.8) is 0 Å². The van der Waals surface area contributed by atoms with Gasteiger partial charge >= 0.3 is 0 Å². The third-order valence-corrected chi connectivity index (χ3v) is 2.01. The van der Waals surface area contributed by atoms with Crippen molar-refractivity contribution < 1.29 is 4.74 Å². The van der Waals surface area contributed by atoms with E-state index in [-0.39, 0.29) is 0 Å². The number of hydrogen-bond acceptors (Lipinski definition) is 4. The highest BCUT2D eigenvalue weighted by Gasteiger charge is 1.96. The van der Waals surface area contributed by atoms with Gasteiger partial charge in [0.1, 0.15) is 0 Å². The fourth-order valence-electron chi connectivity index (χ4n) is 1.29. The summed E-state index contributed by atoms with van der Waals surface area (Å²) in [5, 5.41) is 4.27. The second-order valence-corrected chi connectivity index (χ2v) is 4.77. The first-order valence-electron chi connectivity index (χ1n) is 6.01. The van der Waals surface area contributed by atoms with Gasteiger partial charge in [0.25, 0.3) is 0 Å². The van der Waals surface area contributed by atoms with Crippen LogP contribution in [0.5, 0.6) is 0 Å². The largest absolute Gasteiger partial charge is 0.378 e. The van der Waals surface area contributed by atoms with Crippen LogP contribution in [-0.4, -0.2) is 51.0 Å². The number of hydrogen-bond donors (Lipinski definition) is 1. The highest BCUT2D eigenvalue weighted by Crippen LogP contribution is 1.99. The van der Waals surface area contributed by atoms with Crippen molar-refractivity contribution in [2.75, 3.05) is 40.4 Å². The lowest BCUT2D eigenvalue weighted by molar-refractivity contribution is 0.119. The lowest BCUT2D eigenvalue weighted by Crippen LogP contribution is -2.21. The average Bonchev–Trinajstić information content (AvgIpc) is 2.14. The van der Waals surface area contributed by atoms with E-state index in [4.69, 9.17) is 4.74 Å². The van der Waals surface area contributed by atoms with E-state index in [1.807, 2.05) is 14.1 Å². The molecule has 0 unspecified atom stereocenters. The molecule has 0 aromatic carbocycles. The molecule has 0 atom stereocenters. The Morgan fingerprint density at radius 3 is 2.56 bits per heavy atom. The summed E-state index contributed by atoms with van der Waals surface area (Å²) >= 11 is 0. The maximum absolute atomic E-state index is 5.43. The molecule has 96 valence electrons. The third kappa shape index (κ3) is 11.5. The van der Waals surface area contributed by atoms with E-state index >= 15 is 0 Å². The smallest absolute Gasteiger partial charge is 0.0656 e. The lowest BCUT2D eigenvalue weighted by Gasteiger charge is -2.10. The zero-order chi connectivity index (χ0) is 12.4. The summed E-state index contributed by atoms with van der Waals surface area (Å²) in [6.45, 7) is 9.70. The monoisotopic (exact) mass is 229 g/mol. The molecule has 1 N–H and O–H groups in total. The third-order valence-electron chi connectivity index (χ3n) is 2.01. The van der Waals surface area contributed by atoms with Gasteiger partial charge in [0.05, 0.1) is 19.8 Å². The Morgan fingerprint density at radius 2 is 2.00 bits per heavy atom. The number of nitrogens with one attached hydrogen (secondary N) is 1. The van der Waals surface area contributed by atoms with Crippen LogP contribution >= 0.6 is 0 Å². The van der Waals surface area contributed by atoms with Crippen molar-refractivity contribution in [2.45, 2.75) is 27.2 Å². The van der Waals surface area contributed by atoms with Crippen LogP contribution < -0.4 is 5.43 Å². The van der Waals surface area contributed by atoms with Crippen molar-refractivity contribution in [3.05, 3.63) is 0 Å². The Labute approximate surface area is 100 Å². The van der Waals surface area contributed by atoms with Crippen molar-refractivity contribution >= 4 is 5.71 Å². The number of nitrogens with zero attached hydrogens (tertiary/aromatic N) is 2. The molecule has 0 amide bonds. The fraction of sp³-hybridized carbons (Fsp3) is 0.917. The zero-order valence-electron chi connectivity index (χ0n) is 11.4. The van der Waals surface area contributed by atoms with Crippen LogP contribution in [0.2, 0.25) is 0 Å². The summed E-state index contributed by atoms with van der Waals surface area (Å²) in [7, 11) is 4.09. The van der Waals surface area contributed by atoms with Gasteiger partial charge in [-0.3, -0.25) is 0 Å². The molecule has 0 fully saturated rings. The molecule has 0 aliphatic heterocycles. The molecule has 4 heteroatoms. The Balaban J connectivity index is 3.32. The van der Waals surface area contributed by atoms with Crippen molar-refractivity contribution in [1.82, 2.24) is 10.3 Å². The SMILES string of the molecule is C/C(CC(C)C)=N\NCCOCCN(C)C. The van der Waals surface area contributed by atoms with Gasteiger partial charge in [0.2, 0.25) is 0 Å². The first-order chi connectivity index (χ1) is 7.52. The van der Waals surface area contributed by atoms with Crippen LogP contribution in [0.4, 0.5) is 0 Å². The Kier molecular flexibility index (Phi) is 9.24. The van der Waals surface area contributed by atoms with E-state index < -0.39 is 0 Å². The highest BCUT2D eigenvalue weighted by molar-refractivity contribution is 5.81. The van der Waals surface area contributed by atoms with Crippen LogP contribution in [-0.2, 0) is 4.74 Å². The van der Waals surface area contributed by atoms with Gasteiger partial charge < -0.3 is 15.1 Å².